The van der Waals surface area contributed by atoms with E-state index in [0.29, 0.717) is 5.56 Å². The van der Waals surface area contributed by atoms with Gasteiger partial charge < -0.3 is 5.32 Å². The minimum Gasteiger partial charge on any atom is -0.307 e. The van der Waals surface area contributed by atoms with E-state index in [0.717, 1.165) is 30.7 Å². The molecule has 1 unspecified atom stereocenters. The highest BCUT2D eigenvalue weighted by Crippen LogP contribution is 2.21. The SMILES string of the molecule is O=Cc1ccc2nnc(C3CCCCN3)n2c1. The number of hydrogen-bond donors (Lipinski definition) is 1. The smallest absolute Gasteiger partial charge is 0.160 e. The molecule has 5 heteroatoms. The second kappa shape index (κ2) is 4.25. The topological polar surface area (TPSA) is 59.3 Å². The van der Waals surface area contributed by atoms with Crippen molar-refractivity contribution in [1.29, 1.82) is 0 Å². The van der Waals surface area contributed by atoms with Crippen LogP contribution in [0.1, 0.15) is 41.5 Å². The molecule has 3 heterocycles. The zero-order valence-electron chi connectivity index (χ0n) is 9.47. The predicted octanol–water partition coefficient (Wildman–Crippen LogP) is 1.36. The summed E-state index contributed by atoms with van der Waals surface area (Å²) in [7, 11) is 0. The highest BCUT2D eigenvalue weighted by molar-refractivity contribution is 5.74. The molecule has 2 aromatic heterocycles. The molecule has 0 amide bonds. The molecular weight excluding hydrogens is 216 g/mol. The Morgan fingerprint density at radius 3 is 3.06 bits per heavy atom. The van der Waals surface area contributed by atoms with Crippen molar-refractivity contribution in [1.82, 2.24) is 19.9 Å². The van der Waals surface area contributed by atoms with Gasteiger partial charge in [0.05, 0.1) is 6.04 Å². The van der Waals surface area contributed by atoms with Gasteiger partial charge in [-0.3, -0.25) is 9.20 Å². The minimum atomic E-state index is 0.251. The van der Waals surface area contributed by atoms with Crippen LogP contribution in [0.15, 0.2) is 18.3 Å². The lowest BCUT2D eigenvalue weighted by atomic mass is 10.0. The summed E-state index contributed by atoms with van der Waals surface area (Å²) >= 11 is 0. The molecule has 0 aliphatic carbocycles. The van der Waals surface area contributed by atoms with Crippen LogP contribution in [0.2, 0.25) is 0 Å². The van der Waals surface area contributed by atoms with E-state index in [-0.39, 0.29) is 6.04 Å². The van der Waals surface area contributed by atoms with Gasteiger partial charge in [-0.2, -0.15) is 0 Å². The number of aldehydes is 1. The molecule has 0 spiro atoms. The van der Waals surface area contributed by atoms with Crippen LogP contribution < -0.4 is 5.32 Å². The van der Waals surface area contributed by atoms with Crippen LogP contribution in [-0.4, -0.2) is 27.4 Å². The number of carbonyl (C=O) groups excluding carboxylic acids is 1. The van der Waals surface area contributed by atoms with Gasteiger partial charge in [-0.05, 0) is 31.5 Å². The Bertz CT molecular complexity index is 542. The first kappa shape index (κ1) is 10.4. The lowest BCUT2D eigenvalue weighted by Gasteiger charge is -2.21. The summed E-state index contributed by atoms with van der Waals surface area (Å²) in [6.45, 7) is 1.02. The third-order valence-electron chi connectivity index (χ3n) is 3.21. The number of nitrogens with one attached hydrogen (secondary N) is 1. The van der Waals surface area contributed by atoms with E-state index in [2.05, 4.69) is 15.5 Å². The van der Waals surface area contributed by atoms with Gasteiger partial charge in [-0.1, -0.05) is 6.42 Å². The molecule has 88 valence electrons. The standard InChI is InChI=1S/C12H14N4O/c17-8-9-4-5-11-14-15-12(16(11)7-9)10-3-1-2-6-13-10/h4-5,7-8,10,13H,1-3,6H2. The predicted molar refractivity (Wildman–Crippen MR) is 63.0 cm³/mol. The zero-order chi connectivity index (χ0) is 11.7. The summed E-state index contributed by atoms with van der Waals surface area (Å²) in [6, 6.07) is 3.83. The average Bonchev–Trinajstić information content (AvgIpc) is 2.82. The van der Waals surface area contributed by atoms with Gasteiger partial charge in [0.25, 0.3) is 0 Å². The third kappa shape index (κ3) is 1.82. The van der Waals surface area contributed by atoms with Crippen LogP contribution in [0.3, 0.4) is 0 Å². The summed E-state index contributed by atoms with van der Waals surface area (Å²) in [5, 5.41) is 11.8. The molecule has 1 aliphatic rings. The second-order valence-electron chi connectivity index (χ2n) is 4.37. The normalized spacial score (nSPS) is 20.6. The van der Waals surface area contributed by atoms with E-state index in [9.17, 15) is 4.79 Å². The van der Waals surface area contributed by atoms with Crippen molar-refractivity contribution in [3.05, 3.63) is 29.7 Å². The van der Waals surface area contributed by atoms with Gasteiger partial charge in [0.15, 0.2) is 17.8 Å². The number of fused-ring (bicyclic) bond motifs is 1. The van der Waals surface area contributed by atoms with Crippen LogP contribution in [0.25, 0.3) is 5.65 Å². The molecule has 0 radical (unpaired) electrons. The van der Waals surface area contributed by atoms with Gasteiger partial charge >= 0.3 is 0 Å². The van der Waals surface area contributed by atoms with Gasteiger partial charge in [0.2, 0.25) is 0 Å². The highest BCUT2D eigenvalue weighted by atomic mass is 16.1. The van der Waals surface area contributed by atoms with E-state index in [1.165, 1.54) is 12.8 Å². The van der Waals surface area contributed by atoms with Crippen molar-refractivity contribution in [3.63, 3.8) is 0 Å². The number of carbonyl (C=O) groups is 1. The Kier molecular flexibility index (Phi) is 2.60. The molecule has 5 nitrogen and oxygen atoms in total. The maximum Gasteiger partial charge on any atom is 0.160 e. The van der Waals surface area contributed by atoms with E-state index >= 15 is 0 Å². The number of aromatic nitrogens is 3. The molecule has 1 N–H and O–H groups in total. The molecule has 1 atom stereocenters. The fourth-order valence-electron chi connectivity index (χ4n) is 2.30. The number of piperidine rings is 1. The van der Waals surface area contributed by atoms with Crippen molar-refractivity contribution in [2.75, 3.05) is 6.54 Å². The molecule has 2 aromatic rings. The number of rotatable bonds is 2. The van der Waals surface area contributed by atoms with Gasteiger partial charge in [0, 0.05) is 11.8 Å². The van der Waals surface area contributed by atoms with E-state index < -0.39 is 0 Å². The van der Waals surface area contributed by atoms with Crippen LogP contribution in [0.4, 0.5) is 0 Å². The summed E-state index contributed by atoms with van der Waals surface area (Å²) in [4.78, 5) is 10.8. The lowest BCUT2D eigenvalue weighted by Crippen LogP contribution is -2.28. The largest absolute Gasteiger partial charge is 0.307 e. The summed E-state index contributed by atoms with van der Waals surface area (Å²) in [5.74, 6) is 0.906. The number of pyridine rings is 1. The third-order valence-corrected chi connectivity index (χ3v) is 3.21. The molecule has 1 fully saturated rings. The molecule has 17 heavy (non-hydrogen) atoms. The van der Waals surface area contributed by atoms with Crippen molar-refractivity contribution >= 4 is 11.9 Å². The molecule has 1 saturated heterocycles. The van der Waals surface area contributed by atoms with Crippen LogP contribution in [-0.2, 0) is 0 Å². The fourth-order valence-corrected chi connectivity index (χ4v) is 2.30. The highest BCUT2D eigenvalue weighted by Gasteiger charge is 2.20. The monoisotopic (exact) mass is 230 g/mol. The fraction of sp³-hybridized carbons (Fsp3) is 0.417. The quantitative estimate of drug-likeness (QED) is 0.791. The first-order valence-corrected chi connectivity index (χ1v) is 5.92. The molecule has 1 aliphatic heterocycles. The Morgan fingerprint density at radius 2 is 2.29 bits per heavy atom. The van der Waals surface area contributed by atoms with Gasteiger partial charge in [-0.25, -0.2) is 0 Å². The van der Waals surface area contributed by atoms with Crippen LogP contribution in [0, 0.1) is 0 Å². The first-order valence-electron chi connectivity index (χ1n) is 5.92. The van der Waals surface area contributed by atoms with Crippen LogP contribution >= 0.6 is 0 Å². The van der Waals surface area contributed by atoms with Crippen molar-refractivity contribution in [2.24, 2.45) is 0 Å². The van der Waals surface area contributed by atoms with E-state index in [1.54, 1.807) is 12.3 Å². The summed E-state index contributed by atoms with van der Waals surface area (Å²) in [5.41, 5.74) is 1.44. The maximum absolute atomic E-state index is 10.8. The molecule has 0 saturated carbocycles. The molecule has 0 bridgehead atoms. The summed E-state index contributed by atoms with van der Waals surface area (Å²) in [6.07, 6.45) is 6.14. The van der Waals surface area contributed by atoms with Crippen LogP contribution in [0.5, 0.6) is 0 Å². The Hall–Kier alpha value is -1.75. The average molecular weight is 230 g/mol. The van der Waals surface area contributed by atoms with Gasteiger partial charge in [0.1, 0.15) is 0 Å². The maximum atomic E-state index is 10.8. The van der Waals surface area contributed by atoms with E-state index in [4.69, 9.17) is 0 Å². The first-order chi connectivity index (χ1) is 8.38. The molecular formula is C12H14N4O. The minimum absolute atomic E-state index is 0.251. The van der Waals surface area contributed by atoms with E-state index in [1.807, 2.05) is 10.5 Å². The van der Waals surface area contributed by atoms with Crippen molar-refractivity contribution in [2.45, 2.75) is 25.3 Å². The van der Waals surface area contributed by atoms with Crippen molar-refractivity contribution in [3.8, 4) is 0 Å². The Labute approximate surface area is 98.9 Å². The summed E-state index contributed by atoms with van der Waals surface area (Å²) < 4.78 is 1.91. The number of hydrogen-bond acceptors (Lipinski definition) is 4. The van der Waals surface area contributed by atoms with Gasteiger partial charge in [-0.15, -0.1) is 10.2 Å². The Balaban J connectivity index is 2.05. The second-order valence-corrected chi connectivity index (χ2v) is 4.37. The van der Waals surface area contributed by atoms with Crippen molar-refractivity contribution < 1.29 is 4.79 Å². The lowest BCUT2D eigenvalue weighted by molar-refractivity contribution is 0.112. The molecule has 3 rings (SSSR count). The Morgan fingerprint density at radius 1 is 1.35 bits per heavy atom. The zero-order valence-corrected chi connectivity index (χ0v) is 9.47. The number of nitrogens with zero attached hydrogens (tertiary/aromatic N) is 3. The molecule has 0 aromatic carbocycles.